The summed E-state index contributed by atoms with van der Waals surface area (Å²) in [5.74, 6) is -0.960. The van der Waals surface area contributed by atoms with Crippen molar-refractivity contribution in [1.29, 1.82) is 0 Å². The maximum atomic E-state index is 12.2. The number of halogens is 1. The molecular weight excluding hydrogens is 412 g/mol. The first kappa shape index (κ1) is 18.5. The largest absolute Gasteiger partial charge is 0.366 e. The van der Waals surface area contributed by atoms with Gasteiger partial charge in [0, 0.05) is 27.4 Å². The number of hydrogen-bond acceptors (Lipinski definition) is 4. The van der Waals surface area contributed by atoms with E-state index in [-0.39, 0.29) is 12.1 Å². The number of nitrogens with one attached hydrogen (secondary N) is 1. The summed E-state index contributed by atoms with van der Waals surface area (Å²) in [4.78, 5) is 35.3. The van der Waals surface area contributed by atoms with E-state index in [0.717, 1.165) is 14.7 Å². The third-order valence-corrected chi connectivity index (χ3v) is 4.28. The van der Waals surface area contributed by atoms with E-state index in [1.54, 1.807) is 18.2 Å². The Labute approximate surface area is 163 Å². The van der Waals surface area contributed by atoms with Gasteiger partial charge in [-0.25, -0.2) is 4.68 Å². The molecule has 2 aromatic carbocycles. The molecule has 0 unspecified atom stereocenters. The number of nitrogens with two attached hydrogens (primary N) is 1. The van der Waals surface area contributed by atoms with Crippen molar-refractivity contribution in [2.75, 3.05) is 5.32 Å². The van der Waals surface area contributed by atoms with Gasteiger partial charge in [0.2, 0.25) is 11.8 Å². The van der Waals surface area contributed by atoms with Crippen LogP contribution in [0.3, 0.4) is 0 Å². The minimum absolute atomic E-state index is 0.235. The van der Waals surface area contributed by atoms with Crippen LogP contribution < -0.4 is 16.6 Å². The lowest BCUT2D eigenvalue weighted by Gasteiger charge is -2.09. The topological polar surface area (TPSA) is 107 Å². The van der Waals surface area contributed by atoms with Crippen LogP contribution in [-0.4, -0.2) is 21.6 Å². The maximum Gasteiger partial charge on any atom is 0.267 e. The quantitative estimate of drug-likeness (QED) is 0.652. The van der Waals surface area contributed by atoms with E-state index >= 15 is 0 Å². The van der Waals surface area contributed by atoms with E-state index in [1.165, 1.54) is 18.2 Å². The molecule has 0 radical (unpaired) electrons. The van der Waals surface area contributed by atoms with Gasteiger partial charge in [-0.15, -0.1) is 0 Å². The van der Waals surface area contributed by atoms with Crippen LogP contribution in [0.25, 0.3) is 11.3 Å². The molecule has 0 bridgehead atoms. The number of carbonyl (C=O) groups excluding carboxylic acids is 2. The van der Waals surface area contributed by atoms with Gasteiger partial charge < -0.3 is 11.1 Å². The van der Waals surface area contributed by atoms with Crippen molar-refractivity contribution in [3.8, 4) is 11.3 Å². The molecule has 136 valence electrons. The molecule has 0 aliphatic rings. The molecule has 0 atom stereocenters. The average molecular weight is 427 g/mol. The number of carbonyl (C=O) groups is 2. The number of amides is 2. The van der Waals surface area contributed by atoms with Gasteiger partial charge in [0.05, 0.1) is 5.69 Å². The van der Waals surface area contributed by atoms with Crippen LogP contribution >= 0.6 is 15.9 Å². The molecule has 1 aromatic heterocycles. The summed E-state index contributed by atoms with van der Waals surface area (Å²) in [6, 6.07) is 16.6. The number of primary amides is 1. The highest BCUT2D eigenvalue weighted by molar-refractivity contribution is 9.10. The zero-order valence-electron chi connectivity index (χ0n) is 14.1. The molecule has 0 saturated heterocycles. The molecule has 1 heterocycles. The zero-order chi connectivity index (χ0) is 19.4. The van der Waals surface area contributed by atoms with Gasteiger partial charge in [-0.3, -0.25) is 14.4 Å². The van der Waals surface area contributed by atoms with E-state index < -0.39 is 11.8 Å². The second kappa shape index (κ2) is 7.96. The lowest BCUT2D eigenvalue weighted by Crippen LogP contribution is -2.29. The summed E-state index contributed by atoms with van der Waals surface area (Å²) in [6.07, 6.45) is 0. The molecular formula is C19H15BrN4O3. The molecule has 7 nitrogen and oxygen atoms in total. The van der Waals surface area contributed by atoms with Crippen LogP contribution in [0.2, 0.25) is 0 Å². The monoisotopic (exact) mass is 426 g/mol. The fourth-order valence-corrected chi connectivity index (χ4v) is 2.66. The van der Waals surface area contributed by atoms with Crippen molar-refractivity contribution < 1.29 is 9.59 Å². The van der Waals surface area contributed by atoms with Crippen molar-refractivity contribution in [1.82, 2.24) is 9.78 Å². The molecule has 0 spiro atoms. The number of hydrogen-bond donors (Lipinski definition) is 2. The molecule has 27 heavy (non-hydrogen) atoms. The maximum absolute atomic E-state index is 12.2. The zero-order valence-corrected chi connectivity index (χ0v) is 15.6. The molecule has 0 aliphatic carbocycles. The molecule has 0 saturated carbocycles. The number of rotatable bonds is 5. The summed E-state index contributed by atoms with van der Waals surface area (Å²) in [7, 11) is 0. The van der Waals surface area contributed by atoms with Gasteiger partial charge in [-0.2, -0.15) is 5.10 Å². The average Bonchev–Trinajstić information content (AvgIpc) is 2.64. The highest BCUT2D eigenvalue weighted by Gasteiger charge is 2.09. The summed E-state index contributed by atoms with van der Waals surface area (Å²) in [5, 5.41) is 6.91. The molecule has 3 N–H and O–H groups in total. The highest BCUT2D eigenvalue weighted by Crippen LogP contribution is 2.18. The van der Waals surface area contributed by atoms with Crippen LogP contribution in [0, 0.1) is 0 Å². The predicted molar refractivity (Wildman–Crippen MR) is 105 cm³/mol. The van der Waals surface area contributed by atoms with Gasteiger partial charge in [0.25, 0.3) is 5.56 Å². The number of benzene rings is 2. The smallest absolute Gasteiger partial charge is 0.267 e. The first-order valence-electron chi connectivity index (χ1n) is 7.96. The molecule has 0 fully saturated rings. The van der Waals surface area contributed by atoms with Crippen molar-refractivity contribution in [3.05, 3.63) is 81.1 Å². The minimum Gasteiger partial charge on any atom is -0.366 e. The van der Waals surface area contributed by atoms with Crippen molar-refractivity contribution in [3.63, 3.8) is 0 Å². The SMILES string of the molecule is NC(=O)c1ccc(NC(=O)Cn2nc(-c3ccc(Br)cc3)ccc2=O)cc1. The fourth-order valence-electron chi connectivity index (χ4n) is 2.39. The molecule has 2 amide bonds. The van der Waals surface area contributed by atoms with E-state index in [1.807, 2.05) is 24.3 Å². The first-order valence-corrected chi connectivity index (χ1v) is 8.75. The van der Waals surface area contributed by atoms with Crippen LogP contribution in [-0.2, 0) is 11.3 Å². The Morgan fingerprint density at radius 3 is 2.30 bits per heavy atom. The summed E-state index contributed by atoms with van der Waals surface area (Å²) < 4.78 is 2.03. The highest BCUT2D eigenvalue weighted by atomic mass is 79.9. The van der Waals surface area contributed by atoms with E-state index in [4.69, 9.17) is 5.73 Å². The molecule has 0 aliphatic heterocycles. The van der Waals surface area contributed by atoms with Crippen LogP contribution in [0.1, 0.15) is 10.4 Å². The van der Waals surface area contributed by atoms with Crippen molar-refractivity contribution in [2.45, 2.75) is 6.54 Å². The third-order valence-electron chi connectivity index (χ3n) is 3.75. The molecule has 3 rings (SSSR count). The minimum atomic E-state index is -0.548. The van der Waals surface area contributed by atoms with Crippen LogP contribution in [0.5, 0.6) is 0 Å². The molecule has 8 heteroatoms. The second-order valence-electron chi connectivity index (χ2n) is 5.71. The van der Waals surface area contributed by atoms with Gasteiger partial charge in [0.15, 0.2) is 0 Å². The number of anilines is 1. The lowest BCUT2D eigenvalue weighted by atomic mass is 10.1. The van der Waals surface area contributed by atoms with Gasteiger partial charge in [-0.1, -0.05) is 28.1 Å². The Balaban J connectivity index is 1.75. The Morgan fingerprint density at radius 2 is 1.67 bits per heavy atom. The van der Waals surface area contributed by atoms with Gasteiger partial charge in [-0.05, 0) is 42.5 Å². The van der Waals surface area contributed by atoms with Crippen molar-refractivity contribution >= 4 is 33.4 Å². The van der Waals surface area contributed by atoms with E-state index in [9.17, 15) is 14.4 Å². The Kier molecular flexibility index (Phi) is 5.46. The predicted octanol–water partition coefficient (Wildman–Crippen LogP) is 2.41. The van der Waals surface area contributed by atoms with Crippen molar-refractivity contribution in [2.24, 2.45) is 5.73 Å². The summed E-state index contributed by atoms with van der Waals surface area (Å²) in [5.41, 5.74) is 7.04. The van der Waals surface area contributed by atoms with E-state index in [0.29, 0.717) is 16.9 Å². The van der Waals surface area contributed by atoms with Gasteiger partial charge in [0.1, 0.15) is 6.54 Å². The lowest BCUT2D eigenvalue weighted by molar-refractivity contribution is -0.117. The Morgan fingerprint density at radius 1 is 1.00 bits per heavy atom. The fraction of sp³-hybridized carbons (Fsp3) is 0.0526. The van der Waals surface area contributed by atoms with Crippen LogP contribution in [0.15, 0.2) is 69.9 Å². The summed E-state index contributed by atoms with van der Waals surface area (Å²) in [6.45, 7) is -0.235. The summed E-state index contributed by atoms with van der Waals surface area (Å²) >= 11 is 3.37. The Bertz CT molecular complexity index is 1040. The first-order chi connectivity index (χ1) is 12.9. The normalized spacial score (nSPS) is 10.4. The Hall–Kier alpha value is -3.26. The van der Waals surface area contributed by atoms with Gasteiger partial charge >= 0.3 is 0 Å². The standard InChI is InChI=1S/C19H15BrN4O3/c20-14-5-1-12(2-6-14)16-9-10-18(26)24(23-16)11-17(25)22-15-7-3-13(4-8-15)19(21)27/h1-10H,11H2,(H2,21,27)(H,22,25). The molecule has 3 aromatic rings. The van der Waals surface area contributed by atoms with E-state index in [2.05, 4.69) is 26.3 Å². The van der Waals surface area contributed by atoms with Crippen LogP contribution in [0.4, 0.5) is 5.69 Å². The number of aromatic nitrogens is 2. The second-order valence-corrected chi connectivity index (χ2v) is 6.63. The third kappa shape index (κ3) is 4.68. The number of nitrogens with zero attached hydrogens (tertiary/aromatic N) is 2.